The van der Waals surface area contributed by atoms with E-state index in [0.717, 1.165) is 50.6 Å². The van der Waals surface area contributed by atoms with Crippen LogP contribution in [0.15, 0.2) is 18.2 Å². The molecule has 0 saturated carbocycles. The molecule has 1 aliphatic heterocycles. The maximum atomic E-state index is 6.02. The van der Waals surface area contributed by atoms with Crippen molar-refractivity contribution in [3.63, 3.8) is 0 Å². The van der Waals surface area contributed by atoms with Gasteiger partial charge in [0.1, 0.15) is 12.4 Å². The van der Waals surface area contributed by atoms with Crippen molar-refractivity contribution in [3.8, 4) is 5.75 Å². The van der Waals surface area contributed by atoms with Gasteiger partial charge in [-0.3, -0.25) is 4.90 Å². The van der Waals surface area contributed by atoms with Gasteiger partial charge in [-0.1, -0.05) is 17.7 Å². The van der Waals surface area contributed by atoms with Gasteiger partial charge < -0.3 is 15.4 Å². The summed E-state index contributed by atoms with van der Waals surface area (Å²) in [5.41, 5.74) is 8.34. The molecule has 1 aliphatic rings. The van der Waals surface area contributed by atoms with E-state index in [4.69, 9.17) is 10.5 Å². The Bertz CT molecular complexity index is 426. The molecule has 1 saturated heterocycles. The van der Waals surface area contributed by atoms with Crippen LogP contribution in [0.25, 0.3) is 0 Å². The standard InChI is InChI=1S/C16H27N3O/c1-13-4-5-16(15(12-13)14(2)17)20-11-10-19-8-6-18(3)7-9-19/h4-5,12,14H,6-11,17H2,1-3H3/t14-/m1/s1. The van der Waals surface area contributed by atoms with Gasteiger partial charge in [0.15, 0.2) is 0 Å². The number of ether oxygens (including phenoxy) is 1. The minimum Gasteiger partial charge on any atom is -0.492 e. The zero-order chi connectivity index (χ0) is 14.5. The molecule has 1 heterocycles. The molecule has 0 radical (unpaired) electrons. The van der Waals surface area contributed by atoms with E-state index in [1.807, 2.05) is 13.0 Å². The molecule has 0 amide bonds. The van der Waals surface area contributed by atoms with Crippen molar-refractivity contribution in [2.75, 3.05) is 46.4 Å². The Hall–Kier alpha value is -1.10. The van der Waals surface area contributed by atoms with Crippen LogP contribution in [0.1, 0.15) is 24.1 Å². The first-order chi connectivity index (χ1) is 9.56. The van der Waals surface area contributed by atoms with E-state index in [0.29, 0.717) is 0 Å². The van der Waals surface area contributed by atoms with Crippen molar-refractivity contribution in [1.82, 2.24) is 9.80 Å². The molecule has 0 unspecified atom stereocenters. The summed E-state index contributed by atoms with van der Waals surface area (Å²) in [6.45, 7) is 10.4. The maximum absolute atomic E-state index is 6.02. The highest BCUT2D eigenvalue weighted by atomic mass is 16.5. The predicted molar refractivity (Wildman–Crippen MR) is 83.2 cm³/mol. The molecular weight excluding hydrogens is 250 g/mol. The van der Waals surface area contributed by atoms with Crippen molar-refractivity contribution in [2.24, 2.45) is 5.73 Å². The van der Waals surface area contributed by atoms with Gasteiger partial charge in [-0.05, 0) is 27.0 Å². The number of nitrogens with two attached hydrogens (primary N) is 1. The van der Waals surface area contributed by atoms with E-state index < -0.39 is 0 Å². The van der Waals surface area contributed by atoms with Crippen molar-refractivity contribution in [3.05, 3.63) is 29.3 Å². The zero-order valence-electron chi connectivity index (χ0n) is 12.9. The van der Waals surface area contributed by atoms with E-state index in [1.54, 1.807) is 0 Å². The summed E-state index contributed by atoms with van der Waals surface area (Å²) in [5.74, 6) is 0.930. The van der Waals surface area contributed by atoms with E-state index in [-0.39, 0.29) is 6.04 Å². The van der Waals surface area contributed by atoms with Crippen LogP contribution in [0.3, 0.4) is 0 Å². The SMILES string of the molecule is Cc1ccc(OCCN2CCN(C)CC2)c([C@@H](C)N)c1. The second kappa shape index (κ2) is 7.07. The lowest BCUT2D eigenvalue weighted by Crippen LogP contribution is -2.45. The summed E-state index contributed by atoms with van der Waals surface area (Å²) in [7, 11) is 2.18. The number of rotatable bonds is 5. The Balaban J connectivity index is 1.85. The van der Waals surface area contributed by atoms with E-state index in [9.17, 15) is 0 Å². The second-order valence-corrected chi connectivity index (χ2v) is 5.82. The van der Waals surface area contributed by atoms with E-state index >= 15 is 0 Å². The van der Waals surface area contributed by atoms with Crippen LogP contribution in [0, 0.1) is 6.92 Å². The maximum Gasteiger partial charge on any atom is 0.124 e. The molecule has 112 valence electrons. The average molecular weight is 277 g/mol. The van der Waals surface area contributed by atoms with Gasteiger partial charge in [-0.25, -0.2) is 0 Å². The van der Waals surface area contributed by atoms with Gasteiger partial charge in [0.2, 0.25) is 0 Å². The quantitative estimate of drug-likeness (QED) is 0.888. The van der Waals surface area contributed by atoms with Crippen LogP contribution in [-0.4, -0.2) is 56.2 Å². The van der Waals surface area contributed by atoms with Crippen LogP contribution in [-0.2, 0) is 0 Å². The Kier molecular flexibility index (Phi) is 5.40. The molecule has 0 aromatic heterocycles. The van der Waals surface area contributed by atoms with Gasteiger partial charge in [0.05, 0.1) is 0 Å². The highest BCUT2D eigenvalue weighted by Gasteiger charge is 2.14. The number of likely N-dealkylation sites (N-methyl/N-ethyl adjacent to an activating group) is 1. The van der Waals surface area contributed by atoms with Crippen LogP contribution in [0.2, 0.25) is 0 Å². The molecule has 20 heavy (non-hydrogen) atoms. The van der Waals surface area contributed by atoms with Crippen molar-refractivity contribution in [2.45, 2.75) is 19.9 Å². The lowest BCUT2D eigenvalue weighted by atomic mass is 10.1. The van der Waals surface area contributed by atoms with Crippen LogP contribution >= 0.6 is 0 Å². The monoisotopic (exact) mass is 277 g/mol. The van der Waals surface area contributed by atoms with Crippen molar-refractivity contribution >= 4 is 0 Å². The number of aryl methyl sites for hydroxylation is 1. The second-order valence-electron chi connectivity index (χ2n) is 5.82. The highest BCUT2D eigenvalue weighted by molar-refractivity contribution is 5.38. The predicted octanol–water partition coefficient (Wildman–Crippen LogP) is 1.64. The molecule has 0 bridgehead atoms. The molecule has 4 nitrogen and oxygen atoms in total. The van der Waals surface area contributed by atoms with Gasteiger partial charge in [-0.15, -0.1) is 0 Å². The number of hydrogen-bond acceptors (Lipinski definition) is 4. The molecule has 1 aromatic carbocycles. The molecule has 2 rings (SSSR count). The van der Waals surface area contributed by atoms with Crippen LogP contribution < -0.4 is 10.5 Å². The van der Waals surface area contributed by atoms with Gasteiger partial charge in [0.25, 0.3) is 0 Å². The topological polar surface area (TPSA) is 41.7 Å². The summed E-state index contributed by atoms with van der Waals surface area (Å²) in [4.78, 5) is 4.82. The average Bonchev–Trinajstić information content (AvgIpc) is 2.42. The molecule has 1 fully saturated rings. The Labute approximate surface area is 122 Å². The molecule has 0 spiro atoms. The molecule has 4 heteroatoms. The summed E-state index contributed by atoms with van der Waals surface area (Å²) in [5, 5.41) is 0. The van der Waals surface area contributed by atoms with Crippen molar-refractivity contribution < 1.29 is 4.74 Å². The Morgan fingerprint density at radius 3 is 2.60 bits per heavy atom. The third-order valence-electron chi connectivity index (χ3n) is 3.92. The first-order valence-corrected chi connectivity index (χ1v) is 7.46. The number of piperazine rings is 1. The first-order valence-electron chi connectivity index (χ1n) is 7.46. The fourth-order valence-electron chi connectivity index (χ4n) is 2.51. The molecule has 0 aliphatic carbocycles. The third kappa shape index (κ3) is 4.20. The highest BCUT2D eigenvalue weighted by Crippen LogP contribution is 2.24. The lowest BCUT2D eigenvalue weighted by molar-refractivity contribution is 0.133. The summed E-state index contributed by atoms with van der Waals surface area (Å²) in [6.07, 6.45) is 0. The first kappa shape index (κ1) is 15.3. The largest absolute Gasteiger partial charge is 0.492 e. The van der Waals surface area contributed by atoms with Gasteiger partial charge in [0, 0.05) is 44.3 Å². The minimum atomic E-state index is 0.00790. The molecule has 2 N–H and O–H groups in total. The zero-order valence-corrected chi connectivity index (χ0v) is 12.9. The number of benzene rings is 1. The van der Waals surface area contributed by atoms with Crippen molar-refractivity contribution in [1.29, 1.82) is 0 Å². The van der Waals surface area contributed by atoms with Gasteiger partial charge >= 0.3 is 0 Å². The van der Waals surface area contributed by atoms with Crippen LogP contribution in [0.4, 0.5) is 0 Å². The molecule has 1 atom stereocenters. The third-order valence-corrected chi connectivity index (χ3v) is 3.92. The molecule has 1 aromatic rings. The van der Waals surface area contributed by atoms with E-state index in [2.05, 4.69) is 35.9 Å². The van der Waals surface area contributed by atoms with Gasteiger partial charge in [-0.2, -0.15) is 0 Å². The molecular formula is C16H27N3O. The number of nitrogens with zero attached hydrogens (tertiary/aromatic N) is 2. The van der Waals surface area contributed by atoms with E-state index in [1.165, 1.54) is 5.56 Å². The normalized spacial score (nSPS) is 19.0. The fraction of sp³-hybridized carbons (Fsp3) is 0.625. The summed E-state index contributed by atoms with van der Waals surface area (Å²) < 4.78 is 5.95. The summed E-state index contributed by atoms with van der Waals surface area (Å²) >= 11 is 0. The number of hydrogen-bond donors (Lipinski definition) is 1. The summed E-state index contributed by atoms with van der Waals surface area (Å²) in [6, 6.07) is 6.25. The lowest BCUT2D eigenvalue weighted by Gasteiger charge is -2.32. The van der Waals surface area contributed by atoms with Crippen LogP contribution in [0.5, 0.6) is 5.75 Å². The minimum absolute atomic E-state index is 0.00790. The Morgan fingerprint density at radius 1 is 1.25 bits per heavy atom. The Morgan fingerprint density at radius 2 is 1.95 bits per heavy atom. The fourth-order valence-corrected chi connectivity index (χ4v) is 2.51. The smallest absolute Gasteiger partial charge is 0.124 e.